The lowest BCUT2D eigenvalue weighted by atomic mass is 10.1. The van der Waals surface area contributed by atoms with Gasteiger partial charge in [0.15, 0.2) is 0 Å². The molecule has 6 heteroatoms. The van der Waals surface area contributed by atoms with Gasteiger partial charge >= 0.3 is 0 Å². The van der Waals surface area contributed by atoms with Crippen molar-refractivity contribution in [1.29, 1.82) is 0 Å². The Balaban J connectivity index is 2.36. The molecule has 0 radical (unpaired) electrons. The fourth-order valence-electron chi connectivity index (χ4n) is 1.18. The van der Waals surface area contributed by atoms with E-state index in [-0.39, 0.29) is 32.8 Å². The molecule has 0 unspecified atom stereocenters. The van der Waals surface area contributed by atoms with Crippen LogP contribution in [0.25, 0.3) is 0 Å². The van der Waals surface area contributed by atoms with Crippen LogP contribution < -0.4 is 10.9 Å². The van der Waals surface area contributed by atoms with E-state index in [2.05, 4.69) is 42.7 Å². The number of carbonyl (C=O) groups is 2. The molecule has 92 valence electrons. The molecule has 16 heavy (non-hydrogen) atoms. The molecule has 4 nitrogen and oxygen atoms in total. The SMILES string of the molecule is CC(C)[C@H](Br)C(=O)NNC(=O)[C@@]1(C)C[C@@H]1Br. The third-order valence-electron chi connectivity index (χ3n) is 2.79. The molecule has 1 aliphatic carbocycles. The topological polar surface area (TPSA) is 58.2 Å². The molecule has 1 aliphatic rings. The molecule has 0 aromatic rings. The van der Waals surface area contributed by atoms with Gasteiger partial charge in [0, 0.05) is 4.83 Å². The van der Waals surface area contributed by atoms with Gasteiger partial charge in [0.05, 0.1) is 10.2 Å². The van der Waals surface area contributed by atoms with Crippen LogP contribution in [0.4, 0.5) is 0 Å². The lowest BCUT2D eigenvalue weighted by molar-refractivity contribution is -0.131. The molecule has 2 amide bonds. The fraction of sp³-hybridized carbons (Fsp3) is 0.800. The van der Waals surface area contributed by atoms with Crippen molar-refractivity contribution in [3.05, 3.63) is 0 Å². The number of hydrogen-bond acceptors (Lipinski definition) is 2. The van der Waals surface area contributed by atoms with Crippen molar-refractivity contribution in [3.63, 3.8) is 0 Å². The Morgan fingerprint density at radius 1 is 1.38 bits per heavy atom. The van der Waals surface area contributed by atoms with E-state index in [4.69, 9.17) is 0 Å². The first-order chi connectivity index (χ1) is 7.29. The zero-order valence-corrected chi connectivity index (χ0v) is 12.7. The molecule has 1 fully saturated rings. The second-order valence-corrected chi connectivity index (χ2v) is 6.77. The van der Waals surface area contributed by atoms with E-state index in [0.29, 0.717) is 0 Å². The van der Waals surface area contributed by atoms with Crippen LogP contribution in [0, 0.1) is 11.3 Å². The normalized spacial score (nSPS) is 29.8. The predicted octanol–water partition coefficient (Wildman–Crippen LogP) is 1.73. The Kier molecular flexibility index (Phi) is 4.40. The highest BCUT2D eigenvalue weighted by Gasteiger charge is 2.54. The number of hydrazine groups is 1. The minimum atomic E-state index is -0.382. The third kappa shape index (κ3) is 2.97. The van der Waals surface area contributed by atoms with Crippen molar-refractivity contribution < 1.29 is 9.59 Å². The largest absolute Gasteiger partial charge is 0.273 e. The first kappa shape index (κ1) is 14.0. The number of rotatable bonds is 3. The molecule has 2 N–H and O–H groups in total. The molecule has 3 atom stereocenters. The van der Waals surface area contributed by atoms with Gasteiger partial charge in [-0.15, -0.1) is 0 Å². The number of halogens is 2. The van der Waals surface area contributed by atoms with E-state index >= 15 is 0 Å². The Morgan fingerprint density at radius 2 is 1.88 bits per heavy atom. The summed E-state index contributed by atoms with van der Waals surface area (Å²) in [5, 5.41) is 0. The Morgan fingerprint density at radius 3 is 2.25 bits per heavy atom. The average Bonchev–Trinajstić information content (AvgIpc) is 2.83. The molecule has 0 saturated heterocycles. The summed E-state index contributed by atoms with van der Waals surface area (Å²) in [5.74, 6) is -0.192. The van der Waals surface area contributed by atoms with Gasteiger partial charge < -0.3 is 0 Å². The summed E-state index contributed by atoms with van der Waals surface area (Å²) in [6.45, 7) is 5.72. The van der Waals surface area contributed by atoms with Gasteiger partial charge in [-0.3, -0.25) is 20.4 Å². The van der Waals surface area contributed by atoms with Crippen LogP contribution in [-0.2, 0) is 9.59 Å². The lowest BCUT2D eigenvalue weighted by Crippen LogP contribution is -2.48. The van der Waals surface area contributed by atoms with E-state index in [1.165, 1.54) is 0 Å². The second kappa shape index (κ2) is 5.04. The van der Waals surface area contributed by atoms with Crippen LogP contribution in [0.1, 0.15) is 27.2 Å². The number of hydrogen-bond donors (Lipinski definition) is 2. The quantitative estimate of drug-likeness (QED) is 0.598. The summed E-state index contributed by atoms with van der Waals surface area (Å²) < 4.78 is 0. The molecule has 0 aliphatic heterocycles. The van der Waals surface area contributed by atoms with Gasteiger partial charge in [-0.1, -0.05) is 45.7 Å². The molecule has 0 spiro atoms. The highest BCUT2D eigenvalue weighted by Crippen LogP contribution is 2.51. The summed E-state index contributed by atoms with van der Waals surface area (Å²) in [7, 11) is 0. The molecule has 0 bridgehead atoms. The minimum Gasteiger partial charge on any atom is -0.273 e. The standard InChI is InChI=1S/C10H16Br2N2O2/c1-5(2)7(12)8(15)13-14-9(16)10(3)4-6(10)11/h5-7H,4H2,1-3H3,(H,13,15)(H,14,16)/t6-,7-,10-/m0/s1. The van der Waals surface area contributed by atoms with Crippen molar-refractivity contribution in [1.82, 2.24) is 10.9 Å². The van der Waals surface area contributed by atoms with Crippen molar-refractivity contribution in [2.24, 2.45) is 11.3 Å². The van der Waals surface area contributed by atoms with E-state index in [1.54, 1.807) is 0 Å². The van der Waals surface area contributed by atoms with E-state index in [0.717, 1.165) is 6.42 Å². The van der Waals surface area contributed by atoms with Gasteiger partial charge in [-0.05, 0) is 19.3 Å². The van der Waals surface area contributed by atoms with Crippen LogP contribution in [0.3, 0.4) is 0 Å². The maximum Gasteiger partial charge on any atom is 0.252 e. The number of alkyl halides is 2. The van der Waals surface area contributed by atoms with Crippen LogP contribution in [0.5, 0.6) is 0 Å². The van der Waals surface area contributed by atoms with Crippen molar-refractivity contribution >= 4 is 43.7 Å². The fourth-order valence-corrected chi connectivity index (χ4v) is 2.18. The van der Waals surface area contributed by atoms with Gasteiger partial charge in [0.2, 0.25) is 5.91 Å². The summed E-state index contributed by atoms with van der Waals surface area (Å²) in [6, 6.07) is 0. The Hall–Kier alpha value is -0.100. The average molecular weight is 356 g/mol. The highest BCUT2D eigenvalue weighted by molar-refractivity contribution is 9.10. The lowest BCUT2D eigenvalue weighted by Gasteiger charge is -2.16. The molecule has 1 rings (SSSR count). The van der Waals surface area contributed by atoms with Gasteiger partial charge in [0.25, 0.3) is 5.91 Å². The van der Waals surface area contributed by atoms with Gasteiger partial charge in [0.1, 0.15) is 0 Å². The van der Waals surface area contributed by atoms with E-state index in [9.17, 15) is 9.59 Å². The summed E-state index contributed by atoms with van der Waals surface area (Å²) in [6.07, 6.45) is 0.802. The van der Waals surface area contributed by atoms with Crippen LogP contribution in [0.15, 0.2) is 0 Å². The van der Waals surface area contributed by atoms with Crippen LogP contribution >= 0.6 is 31.9 Å². The molecule has 1 saturated carbocycles. The predicted molar refractivity (Wildman–Crippen MR) is 69.3 cm³/mol. The molecule has 0 aromatic heterocycles. The number of nitrogens with one attached hydrogen (secondary N) is 2. The van der Waals surface area contributed by atoms with E-state index < -0.39 is 0 Å². The molecular formula is C10H16Br2N2O2. The summed E-state index contributed by atoms with van der Waals surface area (Å²) in [5.41, 5.74) is 4.50. The van der Waals surface area contributed by atoms with Gasteiger partial charge in [-0.2, -0.15) is 0 Å². The zero-order chi connectivity index (χ0) is 12.5. The van der Waals surface area contributed by atoms with E-state index in [1.807, 2.05) is 20.8 Å². The third-order valence-corrected chi connectivity index (χ3v) is 5.60. The molecule has 0 aromatic carbocycles. The number of carbonyl (C=O) groups excluding carboxylic acids is 2. The minimum absolute atomic E-state index is 0.147. The molecule has 0 heterocycles. The van der Waals surface area contributed by atoms with Gasteiger partial charge in [-0.25, -0.2) is 0 Å². The summed E-state index contributed by atoms with van der Waals surface area (Å²) >= 11 is 6.64. The number of amides is 2. The van der Waals surface area contributed by atoms with Crippen LogP contribution in [-0.4, -0.2) is 21.5 Å². The zero-order valence-electron chi connectivity index (χ0n) is 9.51. The summed E-state index contributed by atoms with van der Waals surface area (Å²) in [4.78, 5) is 23.1. The first-order valence-corrected chi connectivity index (χ1v) is 7.00. The smallest absolute Gasteiger partial charge is 0.252 e. The van der Waals surface area contributed by atoms with Crippen molar-refractivity contribution in [2.45, 2.75) is 36.8 Å². The first-order valence-electron chi connectivity index (χ1n) is 5.17. The Bertz CT molecular complexity index is 309. The maximum atomic E-state index is 11.7. The van der Waals surface area contributed by atoms with Crippen LogP contribution in [0.2, 0.25) is 0 Å². The molecular weight excluding hydrogens is 340 g/mol. The maximum absolute atomic E-state index is 11.7. The van der Waals surface area contributed by atoms with Crippen molar-refractivity contribution in [3.8, 4) is 0 Å². The highest BCUT2D eigenvalue weighted by atomic mass is 79.9. The monoisotopic (exact) mass is 354 g/mol. The second-order valence-electron chi connectivity index (χ2n) is 4.68. The van der Waals surface area contributed by atoms with Crippen molar-refractivity contribution in [2.75, 3.05) is 0 Å². The Labute approximate surface area is 112 Å².